The van der Waals surface area contributed by atoms with Gasteiger partial charge in [0.15, 0.2) is 0 Å². The highest BCUT2D eigenvalue weighted by Crippen LogP contribution is 2.53. The highest BCUT2D eigenvalue weighted by atomic mass is 19.1. The van der Waals surface area contributed by atoms with Crippen molar-refractivity contribution in [1.82, 2.24) is 0 Å². The van der Waals surface area contributed by atoms with Crippen LogP contribution in [0.25, 0.3) is 0 Å². The number of halogens is 5. The fraction of sp³-hybridized carbons (Fsp3) is 0.973. The molecule has 5 saturated carbocycles. The maximum absolute atomic E-state index is 14.2. The van der Waals surface area contributed by atoms with Gasteiger partial charge in [-0.3, -0.25) is 22.0 Å². The normalized spacial score (nSPS) is 29.9. The Kier molecular flexibility index (Phi) is 28.5. The summed E-state index contributed by atoms with van der Waals surface area (Å²) in [5.74, 6) is 9.32. The van der Waals surface area contributed by atoms with Crippen LogP contribution < -0.4 is 0 Å². The molecule has 4 atom stereocenters. The predicted octanol–water partition coefficient (Wildman–Crippen LogP) is 24.3. The van der Waals surface area contributed by atoms with E-state index in [2.05, 4.69) is 82.7 Å². The molecule has 0 heterocycles. The minimum absolute atomic E-state index is 0.0597. The zero-order valence-corrected chi connectivity index (χ0v) is 53.7. The van der Waals surface area contributed by atoms with Crippen LogP contribution in [0.3, 0.4) is 0 Å². The summed E-state index contributed by atoms with van der Waals surface area (Å²) in [6, 6.07) is 0. The first-order valence-electron chi connectivity index (χ1n) is 34.5. The van der Waals surface area contributed by atoms with Gasteiger partial charge in [0.2, 0.25) is 0 Å². The first-order chi connectivity index (χ1) is 37.0. The van der Waals surface area contributed by atoms with E-state index in [1.54, 1.807) is 0 Å². The topological polar surface area (TPSA) is 0 Å². The number of allylic oxidation sites excluding steroid dienone is 1. The largest absolute Gasteiger partial charge is 0.251 e. The SMILES string of the molecule is C=C(C)C1CCC(C(C)(C)CCC(CCCF)C2CCC(C(C)(C)CCC(CCCCC(CCF)C3CCC(C(C)(C)CCF)CC3)C3CCC(C(C)(C)CCC(CCF)C4CCC(C(C)(C)CCF)CC4)CC3)CC2)CC1. The molecule has 0 N–H and O–H groups in total. The van der Waals surface area contributed by atoms with Gasteiger partial charge in [-0.15, -0.1) is 0 Å². The lowest BCUT2D eigenvalue weighted by Crippen LogP contribution is -2.34. The lowest BCUT2D eigenvalue weighted by Gasteiger charge is -2.45. The molecule has 0 amide bonds. The standard InChI is InChI=1S/C73H131F5/c1-54(2)55-19-29-64(30-20-55)69(3,4)45-40-57(18-15-49-74)60-23-33-65(34-24-60)70(5,6)44-39-56(16-13-14-17-58(42-50-75)61-25-35-67(36-26-61)72(9,10)47-52-77)59-21-31-66(32-22-59)71(7,8)46-41-63(43-51-76)62-27-37-68(38-28-62)73(11,12)48-53-78/h55-68H,1,13-53H2,2-12H3. The van der Waals surface area contributed by atoms with E-state index in [4.69, 9.17) is 0 Å². The van der Waals surface area contributed by atoms with E-state index in [-0.39, 0.29) is 49.6 Å². The molecule has 5 aliphatic carbocycles. The smallest absolute Gasteiger partial charge is 0.0899 e. The van der Waals surface area contributed by atoms with Gasteiger partial charge in [0.1, 0.15) is 0 Å². The fourth-order valence-electron chi connectivity index (χ4n) is 18.9. The van der Waals surface area contributed by atoms with Crippen molar-refractivity contribution < 1.29 is 22.0 Å². The summed E-state index contributed by atoms with van der Waals surface area (Å²) in [7, 11) is 0. The molecule has 5 rings (SSSR count). The Balaban J connectivity index is 1.18. The van der Waals surface area contributed by atoms with Gasteiger partial charge in [-0.05, 0) is 322 Å². The first-order valence-corrected chi connectivity index (χ1v) is 34.5. The molecule has 458 valence electrons. The van der Waals surface area contributed by atoms with Crippen molar-refractivity contribution in [2.24, 2.45) is 110 Å². The molecule has 5 aliphatic rings. The molecule has 0 radical (unpaired) electrons. The van der Waals surface area contributed by atoms with Gasteiger partial charge in [0, 0.05) is 0 Å². The van der Waals surface area contributed by atoms with E-state index < -0.39 is 0 Å². The molecule has 0 nitrogen and oxygen atoms in total. The highest BCUT2D eigenvalue weighted by Gasteiger charge is 2.42. The minimum Gasteiger partial charge on any atom is -0.251 e. The molecule has 5 heteroatoms. The summed E-state index contributed by atoms with van der Waals surface area (Å²) >= 11 is 0. The summed E-state index contributed by atoms with van der Waals surface area (Å²) in [5.41, 5.74) is 2.41. The van der Waals surface area contributed by atoms with Crippen LogP contribution in [0.5, 0.6) is 0 Å². The number of alkyl halides is 5. The molecule has 0 aromatic carbocycles. The molecule has 4 unspecified atom stereocenters. The maximum atomic E-state index is 14.2. The fourth-order valence-corrected chi connectivity index (χ4v) is 18.9. The average molecular weight is 1100 g/mol. The molecule has 78 heavy (non-hydrogen) atoms. The summed E-state index contributed by atoms with van der Waals surface area (Å²) in [4.78, 5) is 0. The highest BCUT2D eigenvalue weighted by molar-refractivity contribution is 5.00. The molecule has 0 spiro atoms. The summed E-state index contributed by atoms with van der Waals surface area (Å²) in [6.45, 7) is 29.9. The van der Waals surface area contributed by atoms with E-state index in [0.717, 1.165) is 61.2 Å². The lowest BCUT2D eigenvalue weighted by atomic mass is 9.61. The third-order valence-electron chi connectivity index (χ3n) is 25.7. The second-order valence-corrected chi connectivity index (χ2v) is 32.4. The van der Waals surface area contributed by atoms with Gasteiger partial charge in [-0.1, -0.05) is 107 Å². The Morgan fingerprint density at radius 2 is 0.551 bits per heavy atom. The Morgan fingerprint density at radius 1 is 0.308 bits per heavy atom. The predicted molar refractivity (Wildman–Crippen MR) is 329 cm³/mol. The van der Waals surface area contributed by atoms with Crippen LogP contribution in [0.4, 0.5) is 22.0 Å². The maximum Gasteiger partial charge on any atom is 0.0899 e. The van der Waals surface area contributed by atoms with Crippen LogP contribution in [0.1, 0.15) is 307 Å². The second-order valence-electron chi connectivity index (χ2n) is 32.4. The average Bonchev–Trinajstić information content (AvgIpc) is 3.42. The molecule has 0 aromatic heterocycles. The molecular formula is C73H131F5. The lowest BCUT2D eigenvalue weighted by molar-refractivity contribution is 0.0604. The zero-order valence-electron chi connectivity index (χ0n) is 53.7. The van der Waals surface area contributed by atoms with Crippen molar-refractivity contribution in [1.29, 1.82) is 0 Å². The Morgan fingerprint density at radius 3 is 0.808 bits per heavy atom. The van der Waals surface area contributed by atoms with Crippen molar-refractivity contribution in [2.45, 2.75) is 307 Å². The number of rotatable bonds is 35. The second kappa shape index (κ2) is 32.6. The van der Waals surface area contributed by atoms with Crippen LogP contribution >= 0.6 is 0 Å². The Hall–Kier alpha value is -0.610. The quantitative estimate of drug-likeness (QED) is 0.0337. The van der Waals surface area contributed by atoms with Gasteiger partial charge < -0.3 is 0 Å². The van der Waals surface area contributed by atoms with Crippen LogP contribution in [-0.2, 0) is 0 Å². The van der Waals surface area contributed by atoms with Crippen LogP contribution in [0.2, 0.25) is 0 Å². The van der Waals surface area contributed by atoms with Gasteiger partial charge in [0.05, 0.1) is 33.4 Å². The summed E-state index contributed by atoms with van der Waals surface area (Å²) in [5, 5.41) is 0. The summed E-state index contributed by atoms with van der Waals surface area (Å²) < 4.78 is 69.0. The van der Waals surface area contributed by atoms with E-state index in [1.807, 2.05) is 0 Å². The van der Waals surface area contributed by atoms with Crippen molar-refractivity contribution in [3.8, 4) is 0 Å². The number of unbranched alkanes of at least 4 members (excludes halogenated alkanes) is 1. The monoisotopic (exact) mass is 1100 g/mol. The van der Waals surface area contributed by atoms with Crippen molar-refractivity contribution in [3.05, 3.63) is 12.2 Å². The van der Waals surface area contributed by atoms with E-state index >= 15 is 0 Å². The molecular weight excluding hydrogens is 972 g/mol. The minimum atomic E-state index is -0.230. The molecule has 0 bridgehead atoms. The van der Waals surface area contributed by atoms with Crippen LogP contribution in [0.15, 0.2) is 12.2 Å². The van der Waals surface area contributed by atoms with E-state index in [0.29, 0.717) is 83.9 Å². The van der Waals surface area contributed by atoms with Crippen LogP contribution in [-0.4, -0.2) is 33.4 Å². The molecule has 0 saturated heterocycles. The Labute approximate surface area is 482 Å². The van der Waals surface area contributed by atoms with Crippen molar-refractivity contribution >= 4 is 0 Å². The van der Waals surface area contributed by atoms with E-state index in [9.17, 15) is 22.0 Å². The Bertz CT molecular complexity index is 1600. The third kappa shape index (κ3) is 20.6. The van der Waals surface area contributed by atoms with Gasteiger partial charge in [0.25, 0.3) is 0 Å². The van der Waals surface area contributed by atoms with Gasteiger partial charge in [-0.25, -0.2) is 0 Å². The van der Waals surface area contributed by atoms with E-state index in [1.165, 1.54) is 185 Å². The number of hydrogen-bond acceptors (Lipinski definition) is 0. The first kappa shape index (κ1) is 68.2. The molecule has 0 aromatic rings. The van der Waals surface area contributed by atoms with Gasteiger partial charge in [-0.2, -0.15) is 0 Å². The van der Waals surface area contributed by atoms with Crippen molar-refractivity contribution in [2.75, 3.05) is 33.4 Å². The molecule has 0 aliphatic heterocycles. The van der Waals surface area contributed by atoms with Crippen molar-refractivity contribution in [3.63, 3.8) is 0 Å². The number of hydrogen-bond donors (Lipinski definition) is 0. The van der Waals surface area contributed by atoms with Gasteiger partial charge >= 0.3 is 0 Å². The molecule has 5 fully saturated rings. The summed E-state index contributed by atoms with van der Waals surface area (Å²) in [6.07, 6.45) is 42.4. The van der Waals surface area contributed by atoms with Crippen LogP contribution in [0, 0.1) is 110 Å². The third-order valence-corrected chi connectivity index (χ3v) is 25.7. The zero-order chi connectivity index (χ0) is 57.2.